The highest BCUT2D eigenvalue weighted by atomic mass is 32.1. The van der Waals surface area contributed by atoms with Crippen LogP contribution in [0.2, 0.25) is 0 Å². The fourth-order valence-corrected chi connectivity index (χ4v) is 4.09. The fourth-order valence-electron chi connectivity index (χ4n) is 3.67. The van der Waals surface area contributed by atoms with Crippen LogP contribution in [-0.2, 0) is 6.42 Å². The summed E-state index contributed by atoms with van der Waals surface area (Å²) in [6, 6.07) is 8.95. The zero-order chi connectivity index (χ0) is 12.4. The molecule has 0 unspecified atom stereocenters. The maximum Gasteiger partial charge on any atom is 0.0398 e. The number of nitrogens with zero attached hydrogens (tertiary/aromatic N) is 1. The van der Waals surface area contributed by atoms with E-state index in [2.05, 4.69) is 41.8 Å². The smallest absolute Gasteiger partial charge is 0.0398 e. The second-order valence-electron chi connectivity index (χ2n) is 6.02. The first-order valence-corrected chi connectivity index (χ1v) is 7.90. The van der Waals surface area contributed by atoms with Gasteiger partial charge in [0.15, 0.2) is 0 Å². The monoisotopic (exact) mass is 261 g/mol. The minimum atomic E-state index is 0.480. The van der Waals surface area contributed by atoms with Crippen LogP contribution in [0.15, 0.2) is 24.3 Å². The van der Waals surface area contributed by atoms with Gasteiger partial charge in [-0.25, -0.2) is 0 Å². The molecule has 1 aromatic carbocycles. The van der Waals surface area contributed by atoms with E-state index in [1.807, 2.05) is 0 Å². The van der Waals surface area contributed by atoms with Crippen LogP contribution in [0.3, 0.4) is 0 Å². The Balaban J connectivity index is 1.81. The number of thiol groups is 1. The summed E-state index contributed by atoms with van der Waals surface area (Å²) >= 11 is 4.64. The topological polar surface area (TPSA) is 3.24 Å². The SMILES string of the molecule is SCC1(CN2CCCc3ccccc32)CCCC1. The third-order valence-corrected chi connectivity index (χ3v) is 5.40. The molecule has 98 valence electrons. The third kappa shape index (κ3) is 2.27. The highest BCUT2D eigenvalue weighted by Crippen LogP contribution is 2.41. The molecule has 0 bridgehead atoms. The first kappa shape index (κ1) is 12.4. The van der Waals surface area contributed by atoms with Gasteiger partial charge in [-0.15, -0.1) is 0 Å². The lowest BCUT2D eigenvalue weighted by Crippen LogP contribution is -2.40. The van der Waals surface area contributed by atoms with Crippen molar-refractivity contribution in [3.63, 3.8) is 0 Å². The van der Waals surface area contributed by atoms with E-state index in [1.165, 1.54) is 62.9 Å². The Bertz CT molecular complexity index is 409. The first-order valence-electron chi connectivity index (χ1n) is 7.27. The van der Waals surface area contributed by atoms with E-state index in [4.69, 9.17) is 0 Å². The zero-order valence-corrected chi connectivity index (χ0v) is 12.0. The molecule has 0 radical (unpaired) electrons. The molecular formula is C16H23NS. The van der Waals surface area contributed by atoms with Gasteiger partial charge in [-0.05, 0) is 48.5 Å². The number of hydrogen-bond acceptors (Lipinski definition) is 2. The third-order valence-electron chi connectivity index (χ3n) is 4.73. The summed E-state index contributed by atoms with van der Waals surface area (Å²) in [5.74, 6) is 1.05. The van der Waals surface area contributed by atoms with Crippen molar-refractivity contribution in [3.05, 3.63) is 29.8 Å². The van der Waals surface area contributed by atoms with Crippen LogP contribution >= 0.6 is 12.6 Å². The average molecular weight is 261 g/mol. The Kier molecular flexibility index (Phi) is 3.56. The molecule has 1 aliphatic carbocycles. The highest BCUT2D eigenvalue weighted by Gasteiger charge is 2.35. The Hall–Kier alpha value is -0.630. The molecule has 0 spiro atoms. The molecule has 0 amide bonds. The molecule has 0 saturated heterocycles. The molecule has 2 aliphatic rings. The maximum absolute atomic E-state index is 4.64. The summed E-state index contributed by atoms with van der Waals surface area (Å²) in [5, 5.41) is 0. The normalized spacial score (nSPS) is 21.9. The lowest BCUT2D eigenvalue weighted by molar-refractivity contribution is 0.345. The van der Waals surface area contributed by atoms with Crippen LogP contribution in [0.5, 0.6) is 0 Å². The summed E-state index contributed by atoms with van der Waals surface area (Å²) in [5.41, 5.74) is 3.50. The highest BCUT2D eigenvalue weighted by molar-refractivity contribution is 7.80. The van der Waals surface area contributed by atoms with E-state index in [-0.39, 0.29) is 0 Å². The fraction of sp³-hybridized carbons (Fsp3) is 0.625. The number of benzene rings is 1. The molecule has 0 atom stereocenters. The predicted octanol–water partition coefficient (Wildman–Crippen LogP) is 3.93. The van der Waals surface area contributed by atoms with E-state index in [0.29, 0.717) is 5.41 Å². The van der Waals surface area contributed by atoms with Crippen LogP contribution in [0, 0.1) is 5.41 Å². The minimum Gasteiger partial charge on any atom is -0.371 e. The summed E-state index contributed by atoms with van der Waals surface area (Å²) in [6.07, 6.45) is 8.09. The number of fused-ring (bicyclic) bond motifs is 1. The van der Waals surface area contributed by atoms with E-state index in [0.717, 1.165) is 5.75 Å². The van der Waals surface area contributed by atoms with Crippen molar-refractivity contribution < 1.29 is 0 Å². The molecule has 0 N–H and O–H groups in total. The molecule has 2 heteroatoms. The Morgan fingerprint density at radius 3 is 2.67 bits per heavy atom. The van der Waals surface area contributed by atoms with Crippen molar-refractivity contribution in [1.82, 2.24) is 0 Å². The molecule has 3 rings (SSSR count). The van der Waals surface area contributed by atoms with Crippen LogP contribution in [0.1, 0.15) is 37.7 Å². The Morgan fingerprint density at radius 2 is 1.89 bits per heavy atom. The number of para-hydroxylation sites is 1. The Morgan fingerprint density at radius 1 is 1.11 bits per heavy atom. The molecular weight excluding hydrogens is 238 g/mol. The van der Waals surface area contributed by atoms with Crippen molar-refractivity contribution in [3.8, 4) is 0 Å². The van der Waals surface area contributed by atoms with E-state index in [1.54, 1.807) is 0 Å². The van der Waals surface area contributed by atoms with E-state index in [9.17, 15) is 0 Å². The largest absolute Gasteiger partial charge is 0.371 e. The number of hydrogen-bond donors (Lipinski definition) is 1. The van der Waals surface area contributed by atoms with Crippen molar-refractivity contribution in [2.75, 3.05) is 23.7 Å². The predicted molar refractivity (Wildman–Crippen MR) is 81.7 cm³/mol. The van der Waals surface area contributed by atoms with Crippen LogP contribution in [0.4, 0.5) is 5.69 Å². The van der Waals surface area contributed by atoms with Crippen LogP contribution in [0.25, 0.3) is 0 Å². The summed E-state index contributed by atoms with van der Waals surface area (Å²) < 4.78 is 0. The van der Waals surface area contributed by atoms with Gasteiger partial charge in [-0.3, -0.25) is 0 Å². The van der Waals surface area contributed by atoms with Crippen molar-refractivity contribution >= 4 is 18.3 Å². The average Bonchev–Trinajstić information content (AvgIpc) is 2.88. The van der Waals surface area contributed by atoms with E-state index >= 15 is 0 Å². The molecule has 1 heterocycles. The second kappa shape index (κ2) is 5.16. The lowest BCUT2D eigenvalue weighted by Gasteiger charge is -2.39. The van der Waals surface area contributed by atoms with Crippen molar-refractivity contribution in [1.29, 1.82) is 0 Å². The summed E-state index contributed by atoms with van der Waals surface area (Å²) in [6.45, 7) is 2.44. The summed E-state index contributed by atoms with van der Waals surface area (Å²) in [7, 11) is 0. The van der Waals surface area contributed by atoms with Gasteiger partial charge in [0.2, 0.25) is 0 Å². The molecule has 1 saturated carbocycles. The number of aryl methyl sites for hydroxylation is 1. The first-order chi connectivity index (χ1) is 8.83. The lowest BCUT2D eigenvalue weighted by atomic mass is 9.86. The molecule has 0 aromatic heterocycles. The molecule has 1 aromatic rings. The standard InChI is InChI=1S/C16H23NS/c18-13-16(9-3-4-10-16)12-17-11-5-7-14-6-1-2-8-15(14)17/h1-2,6,8,18H,3-5,7,9-13H2. The van der Waals surface area contributed by atoms with Gasteiger partial charge in [-0.1, -0.05) is 31.0 Å². The van der Waals surface area contributed by atoms with Gasteiger partial charge < -0.3 is 4.90 Å². The number of anilines is 1. The molecule has 1 nitrogen and oxygen atoms in total. The van der Waals surface area contributed by atoms with Gasteiger partial charge in [0.25, 0.3) is 0 Å². The maximum atomic E-state index is 4.64. The molecule has 18 heavy (non-hydrogen) atoms. The molecule has 1 aliphatic heterocycles. The van der Waals surface area contributed by atoms with Gasteiger partial charge >= 0.3 is 0 Å². The van der Waals surface area contributed by atoms with Crippen LogP contribution < -0.4 is 4.90 Å². The van der Waals surface area contributed by atoms with E-state index < -0.39 is 0 Å². The van der Waals surface area contributed by atoms with Crippen molar-refractivity contribution in [2.45, 2.75) is 38.5 Å². The van der Waals surface area contributed by atoms with Gasteiger partial charge in [0.1, 0.15) is 0 Å². The quantitative estimate of drug-likeness (QED) is 0.807. The Labute approximate surface area is 116 Å². The number of rotatable bonds is 3. The van der Waals surface area contributed by atoms with Crippen molar-refractivity contribution in [2.24, 2.45) is 5.41 Å². The zero-order valence-electron chi connectivity index (χ0n) is 11.1. The summed E-state index contributed by atoms with van der Waals surface area (Å²) in [4.78, 5) is 2.63. The minimum absolute atomic E-state index is 0.480. The second-order valence-corrected chi connectivity index (χ2v) is 6.34. The van der Waals surface area contributed by atoms with Gasteiger partial charge in [0, 0.05) is 18.8 Å². The van der Waals surface area contributed by atoms with Crippen LogP contribution in [-0.4, -0.2) is 18.8 Å². The van der Waals surface area contributed by atoms with Gasteiger partial charge in [-0.2, -0.15) is 12.6 Å². The van der Waals surface area contributed by atoms with Gasteiger partial charge in [0.05, 0.1) is 0 Å². The molecule has 1 fully saturated rings.